The Morgan fingerprint density at radius 1 is 1.05 bits per heavy atom. The van der Waals surface area contributed by atoms with Gasteiger partial charge >= 0.3 is 0 Å². The van der Waals surface area contributed by atoms with Crippen LogP contribution in [0.15, 0.2) is 76.8 Å². The van der Waals surface area contributed by atoms with Gasteiger partial charge in [-0.2, -0.15) is 0 Å². The van der Waals surface area contributed by atoms with Gasteiger partial charge in [-0.1, -0.05) is 48.2 Å². The molecule has 0 spiro atoms. The molecule has 1 heterocycles. The van der Waals surface area contributed by atoms with E-state index in [2.05, 4.69) is 4.98 Å². The normalized spacial score (nSPS) is 10.6. The molecule has 0 radical (unpaired) electrons. The van der Waals surface area contributed by atoms with E-state index in [1.807, 2.05) is 30.3 Å². The maximum absolute atomic E-state index is 13.6. The van der Waals surface area contributed by atoms with Crippen molar-refractivity contribution in [3.8, 4) is 5.69 Å². The number of para-hydroxylation sites is 1. The molecule has 0 saturated heterocycles. The Morgan fingerprint density at radius 3 is 2.55 bits per heavy atom. The van der Waals surface area contributed by atoms with E-state index in [0.717, 1.165) is 5.69 Å². The fraction of sp³-hybridized carbons (Fsp3) is 0.0588. The Morgan fingerprint density at radius 2 is 1.77 bits per heavy atom. The Kier molecular flexibility index (Phi) is 4.34. The first-order valence-corrected chi connectivity index (χ1v) is 7.73. The number of thioether (sulfide) groups is 1. The molecule has 5 heteroatoms. The molecule has 0 aliphatic heterocycles. The third-order valence-electron chi connectivity index (χ3n) is 3.17. The van der Waals surface area contributed by atoms with Crippen molar-refractivity contribution < 1.29 is 4.39 Å². The van der Waals surface area contributed by atoms with E-state index >= 15 is 0 Å². The first-order valence-electron chi connectivity index (χ1n) is 6.75. The molecule has 0 unspecified atom stereocenters. The molecule has 0 aliphatic carbocycles. The van der Waals surface area contributed by atoms with Crippen LogP contribution >= 0.6 is 11.8 Å². The molecule has 0 N–H and O–H groups in total. The first kappa shape index (κ1) is 14.5. The summed E-state index contributed by atoms with van der Waals surface area (Å²) < 4.78 is 15.2. The second-order valence-electron chi connectivity index (χ2n) is 4.62. The lowest BCUT2D eigenvalue weighted by Gasteiger charge is -2.07. The smallest absolute Gasteiger partial charge is 0.280 e. The Bertz CT molecular complexity index is 833. The van der Waals surface area contributed by atoms with E-state index in [-0.39, 0.29) is 11.4 Å². The van der Waals surface area contributed by atoms with E-state index < -0.39 is 0 Å². The Labute approximate surface area is 131 Å². The number of benzene rings is 2. The molecular formula is C17H13FN2OS. The zero-order valence-corrected chi connectivity index (χ0v) is 12.5. The van der Waals surface area contributed by atoms with Gasteiger partial charge in [0.25, 0.3) is 5.56 Å². The SMILES string of the molecule is O=c1c(SCc2ccccc2F)nccn1-c1ccccc1. The van der Waals surface area contributed by atoms with Gasteiger partial charge in [0, 0.05) is 23.8 Å². The molecule has 0 amide bonds. The van der Waals surface area contributed by atoms with Gasteiger partial charge < -0.3 is 0 Å². The van der Waals surface area contributed by atoms with Crippen molar-refractivity contribution >= 4 is 11.8 Å². The molecule has 0 atom stereocenters. The highest BCUT2D eigenvalue weighted by Crippen LogP contribution is 2.20. The predicted octanol–water partition coefficient (Wildman–Crippen LogP) is 3.66. The summed E-state index contributed by atoms with van der Waals surface area (Å²) in [6.45, 7) is 0. The lowest BCUT2D eigenvalue weighted by atomic mass is 10.2. The van der Waals surface area contributed by atoms with Crippen LogP contribution in [-0.4, -0.2) is 9.55 Å². The fourth-order valence-corrected chi connectivity index (χ4v) is 2.93. The van der Waals surface area contributed by atoms with Gasteiger partial charge in [-0.3, -0.25) is 9.36 Å². The Balaban J connectivity index is 1.87. The van der Waals surface area contributed by atoms with E-state index in [1.54, 1.807) is 30.6 Å². The topological polar surface area (TPSA) is 34.9 Å². The number of hydrogen-bond donors (Lipinski definition) is 0. The highest BCUT2D eigenvalue weighted by atomic mass is 32.2. The highest BCUT2D eigenvalue weighted by Gasteiger charge is 2.09. The van der Waals surface area contributed by atoms with Crippen LogP contribution in [0.4, 0.5) is 4.39 Å². The minimum Gasteiger partial charge on any atom is -0.280 e. The average molecular weight is 312 g/mol. The number of halogens is 1. The fourth-order valence-electron chi connectivity index (χ4n) is 2.05. The molecule has 2 aromatic carbocycles. The van der Waals surface area contributed by atoms with Gasteiger partial charge in [0.2, 0.25) is 0 Å². The number of rotatable bonds is 4. The van der Waals surface area contributed by atoms with Crippen LogP contribution < -0.4 is 5.56 Å². The van der Waals surface area contributed by atoms with Gasteiger partial charge in [-0.15, -0.1) is 0 Å². The van der Waals surface area contributed by atoms with Gasteiger partial charge in [0.15, 0.2) is 5.03 Å². The summed E-state index contributed by atoms with van der Waals surface area (Å²) in [5, 5.41) is 0.356. The van der Waals surface area contributed by atoms with Crippen molar-refractivity contribution in [3.05, 3.63) is 88.7 Å². The standard InChI is InChI=1S/C17H13FN2OS/c18-15-9-5-4-6-13(15)12-22-16-17(21)20(11-10-19-16)14-7-2-1-3-8-14/h1-11H,12H2. The largest absolute Gasteiger partial charge is 0.287 e. The molecule has 0 saturated carbocycles. The third-order valence-corrected chi connectivity index (χ3v) is 4.17. The van der Waals surface area contributed by atoms with Crippen LogP contribution in [0.5, 0.6) is 0 Å². The van der Waals surface area contributed by atoms with Crippen molar-refractivity contribution in [2.75, 3.05) is 0 Å². The van der Waals surface area contributed by atoms with E-state index in [4.69, 9.17) is 0 Å². The molecule has 0 fully saturated rings. The number of nitrogens with zero attached hydrogens (tertiary/aromatic N) is 2. The zero-order valence-electron chi connectivity index (χ0n) is 11.6. The summed E-state index contributed by atoms with van der Waals surface area (Å²) >= 11 is 1.24. The zero-order chi connectivity index (χ0) is 15.4. The summed E-state index contributed by atoms with van der Waals surface area (Å²) in [5.74, 6) is 0.0996. The molecule has 3 nitrogen and oxygen atoms in total. The summed E-state index contributed by atoms with van der Waals surface area (Å²) in [6, 6.07) is 15.9. The summed E-state index contributed by atoms with van der Waals surface area (Å²) in [7, 11) is 0. The summed E-state index contributed by atoms with van der Waals surface area (Å²) in [6.07, 6.45) is 3.21. The second kappa shape index (κ2) is 6.58. The lowest BCUT2D eigenvalue weighted by Crippen LogP contribution is -2.20. The minimum absolute atomic E-state index is 0.199. The van der Waals surface area contributed by atoms with Crippen LogP contribution in [0, 0.1) is 5.82 Å². The quantitative estimate of drug-likeness (QED) is 0.690. The molecule has 22 heavy (non-hydrogen) atoms. The molecule has 110 valence electrons. The van der Waals surface area contributed by atoms with Gasteiger partial charge in [0.05, 0.1) is 0 Å². The maximum atomic E-state index is 13.6. The van der Waals surface area contributed by atoms with Crippen molar-refractivity contribution in [3.63, 3.8) is 0 Å². The van der Waals surface area contributed by atoms with Crippen molar-refractivity contribution in [2.24, 2.45) is 0 Å². The van der Waals surface area contributed by atoms with Crippen LogP contribution in [0.25, 0.3) is 5.69 Å². The van der Waals surface area contributed by atoms with Crippen molar-refractivity contribution in [2.45, 2.75) is 10.8 Å². The second-order valence-corrected chi connectivity index (χ2v) is 5.59. The van der Waals surface area contributed by atoms with Crippen molar-refractivity contribution in [1.29, 1.82) is 0 Å². The minimum atomic E-state index is -0.269. The van der Waals surface area contributed by atoms with Crippen LogP contribution in [0.3, 0.4) is 0 Å². The molecule has 1 aromatic heterocycles. The van der Waals surface area contributed by atoms with E-state index in [9.17, 15) is 9.18 Å². The molecule has 0 aliphatic rings. The number of aromatic nitrogens is 2. The summed E-state index contributed by atoms with van der Waals surface area (Å²) in [4.78, 5) is 16.6. The van der Waals surface area contributed by atoms with Crippen LogP contribution in [0.2, 0.25) is 0 Å². The molecule has 0 bridgehead atoms. The highest BCUT2D eigenvalue weighted by molar-refractivity contribution is 7.98. The lowest BCUT2D eigenvalue weighted by molar-refractivity contribution is 0.617. The first-order chi connectivity index (χ1) is 10.8. The molecular weight excluding hydrogens is 299 g/mol. The predicted molar refractivity (Wildman–Crippen MR) is 85.8 cm³/mol. The molecule has 3 aromatic rings. The van der Waals surface area contributed by atoms with Gasteiger partial charge in [-0.05, 0) is 23.8 Å². The van der Waals surface area contributed by atoms with Crippen LogP contribution in [-0.2, 0) is 5.75 Å². The van der Waals surface area contributed by atoms with Gasteiger partial charge in [0.1, 0.15) is 5.82 Å². The third kappa shape index (κ3) is 3.09. The van der Waals surface area contributed by atoms with Crippen molar-refractivity contribution in [1.82, 2.24) is 9.55 Å². The maximum Gasteiger partial charge on any atom is 0.287 e. The molecule has 3 rings (SSSR count). The van der Waals surface area contributed by atoms with Crippen LogP contribution in [0.1, 0.15) is 5.56 Å². The number of hydrogen-bond acceptors (Lipinski definition) is 3. The Hall–Kier alpha value is -2.40. The average Bonchev–Trinajstić information content (AvgIpc) is 2.56. The van der Waals surface area contributed by atoms with E-state index in [1.165, 1.54) is 22.4 Å². The monoisotopic (exact) mass is 312 g/mol. The summed E-state index contributed by atoms with van der Waals surface area (Å²) in [5.41, 5.74) is 1.14. The van der Waals surface area contributed by atoms with Gasteiger partial charge in [-0.25, -0.2) is 9.37 Å². The van der Waals surface area contributed by atoms with E-state index in [0.29, 0.717) is 16.3 Å².